The number of phenolic OH excluding ortho intramolecular Hbond substituents is 2. The maximum atomic E-state index is 12.3. The smallest absolute Gasteiger partial charge is 0.178 e. The summed E-state index contributed by atoms with van der Waals surface area (Å²) in [7, 11) is -6.93. The molecule has 0 aliphatic heterocycles. The molecule has 0 bridgehead atoms. The molecule has 0 aliphatic rings. The zero-order valence-electron chi connectivity index (χ0n) is 18.3. The predicted octanol–water partition coefficient (Wildman–Crippen LogP) is 3.58. The summed E-state index contributed by atoms with van der Waals surface area (Å²) in [5.41, 5.74) is 0. The SMILES string of the molecule is O=S(=O)(CCCOc1cccc(OCCCS(=O)(=O)c2ccc(O)cc2)c1)c1ccc(O)cc1. The van der Waals surface area contributed by atoms with Gasteiger partial charge in [-0.25, -0.2) is 16.8 Å². The van der Waals surface area contributed by atoms with Gasteiger partial charge in [-0.1, -0.05) is 6.07 Å². The van der Waals surface area contributed by atoms with Gasteiger partial charge in [0.1, 0.15) is 23.0 Å². The zero-order valence-corrected chi connectivity index (χ0v) is 20.0. The van der Waals surface area contributed by atoms with E-state index in [1.807, 2.05) is 0 Å². The first kappa shape index (κ1) is 25.4. The molecule has 0 amide bonds. The monoisotopic (exact) mass is 506 g/mol. The standard InChI is InChI=1S/C24H26O8S2/c25-19-6-10-23(11-7-19)33(27,28)16-2-14-31-21-4-1-5-22(18-21)32-15-3-17-34(29,30)24-12-8-20(26)9-13-24/h1,4-13,18,25-26H,2-3,14-17H2. The lowest BCUT2D eigenvalue weighted by Gasteiger charge is -2.10. The topological polar surface area (TPSA) is 127 Å². The lowest BCUT2D eigenvalue weighted by atomic mass is 10.3. The first-order valence-corrected chi connectivity index (χ1v) is 13.9. The summed E-state index contributed by atoms with van der Waals surface area (Å²) in [6.45, 7) is 0.372. The van der Waals surface area contributed by atoms with Crippen LogP contribution in [0.3, 0.4) is 0 Å². The van der Waals surface area contributed by atoms with Crippen LogP contribution >= 0.6 is 0 Å². The summed E-state index contributed by atoms with van der Waals surface area (Å²) in [6, 6.07) is 17.6. The molecule has 3 rings (SSSR count). The van der Waals surface area contributed by atoms with Crippen LogP contribution in [0.25, 0.3) is 0 Å². The van der Waals surface area contributed by atoms with Gasteiger partial charge >= 0.3 is 0 Å². The molecule has 0 saturated carbocycles. The molecule has 2 N–H and O–H groups in total. The average molecular weight is 507 g/mol. The number of ether oxygens (including phenoxy) is 2. The highest BCUT2D eigenvalue weighted by Crippen LogP contribution is 2.21. The Labute approximate surface area is 199 Å². The molecule has 0 aromatic heterocycles. The molecule has 182 valence electrons. The highest BCUT2D eigenvalue weighted by atomic mass is 32.2. The molecule has 10 heteroatoms. The van der Waals surface area contributed by atoms with Gasteiger partial charge in [0, 0.05) is 6.07 Å². The molecule has 0 radical (unpaired) electrons. The van der Waals surface area contributed by atoms with E-state index in [2.05, 4.69) is 0 Å². The van der Waals surface area contributed by atoms with Crippen LogP contribution in [0.4, 0.5) is 0 Å². The van der Waals surface area contributed by atoms with Crippen molar-refractivity contribution in [3.05, 3.63) is 72.8 Å². The number of aromatic hydroxyl groups is 2. The molecule has 8 nitrogen and oxygen atoms in total. The first-order valence-electron chi connectivity index (χ1n) is 10.5. The fraction of sp³-hybridized carbons (Fsp3) is 0.250. The minimum Gasteiger partial charge on any atom is -0.508 e. The predicted molar refractivity (Wildman–Crippen MR) is 127 cm³/mol. The third-order valence-electron chi connectivity index (χ3n) is 4.85. The average Bonchev–Trinajstić information content (AvgIpc) is 2.80. The van der Waals surface area contributed by atoms with E-state index in [-0.39, 0.29) is 58.9 Å². The van der Waals surface area contributed by atoms with Crippen LogP contribution in [0.5, 0.6) is 23.0 Å². The van der Waals surface area contributed by atoms with Crippen LogP contribution in [-0.4, -0.2) is 51.8 Å². The Bertz CT molecular complexity index is 1180. The van der Waals surface area contributed by atoms with Crippen LogP contribution in [0.1, 0.15) is 12.8 Å². The minimum absolute atomic E-state index is 0.00310. The lowest BCUT2D eigenvalue weighted by molar-refractivity contribution is 0.302. The van der Waals surface area contributed by atoms with Crippen molar-refractivity contribution in [1.82, 2.24) is 0 Å². The first-order chi connectivity index (χ1) is 16.2. The van der Waals surface area contributed by atoms with E-state index < -0.39 is 19.7 Å². The van der Waals surface area contributed by atoms with Gasteiger partial charge in [0.2, 0.25) is 0 Å². The molecule has 0 spiro atoms. The maximum absolute atomic E-state index is 12.3. The van der Waals surface area contributed by atoms with Gasteiger partial charge in [-0.2, -0.15) is 0 Å². The Morgan fingerprint density at radius 2 is 0.971 bits per heavy atom. The van der Waals surface area contributed by atoms with Gasteiger partial charge < -0.3 is 19.7 Å². The van der Waals surface area contributed by atoms with Gasteiger partial charge in [0.25, 0.3) is 0 Å². The summed E-state index contributed by atoms with van der Waals surface area (Å²) >= 11 is 0. The summed E-state index contributed by atoms with van der Waals surface area (Å²) in [6.07, 6.45) is 0.562. The molecule has 3 aromatic rings. The lowest BCUT2D eigenvalue weighted by Crippen LogP contribution is -2.11. The number of hydrogen-bond donors (Lipinski definition) is 2. The zero-order chi connectivity index (χ0) is 24.6. The van der Waals surface area contributed by atoms with E-state index >= 15 is 0 Å². The van der Waals surface area contributed by atoms with E-state index in [9.17, 15) is 27.0 Å². The number of rotatable bonds is 12. The van der Waals surface area contributed by atoms with Crippen molar-refractivity contribution in [2.75, 3.05) is 24.7 Å². The van der Waals surface area contributed by atoms with E-state index in [1.165, 1.54) is 48.5 Å². The number of phenols is 2. The van der Waals surface area contributed by atoms with E-state index in [0.717, 1.165) is 0 Å². The molecule has 0 unspecified atom stereocenters. The minimum atomic E-state index is -3.47. The molecule has 0 heterocycles. The summed E-state index contributed by atoms with van der Waals surface area (Å²) < 4.78 is 60.5. The second kappa shape index (κ2) is 11.3. The molecule has 0 saturated heterocycles. The second-order valence-corrected chi connectivity index (χ2v) is 11.7. The van der Waals surface area contributed by atoms with Crippen molar-refractivity contribution in [3.63, 3.8) is 0 Å². The highest BCUT2D eigenvalue weighted by Gasteiger charge is 2.15. The molecular weight excluding hydrogens is 480 g/mol. The van der Waals surface area contributed by atoms with Gasteiger partial charge in [0.05, 0.1) is 34.5 Å². The Morgan fingerprint density at radius 3 is 1.35 bits per heavy atom. The molecule has 3 aromatic carbocycles. The molecule has 34 heavy (non-hydrogen) atoms. The Kier molecular flexibility index (Phi) is 8.41. The van der Waals surface area contributed by atoms with Crippen molar-refractivity contribution in [2.24, 2.45) is 0 Å². The summed E-state index contributed by atoms with van der Waals surface area (Å²) in [5, 5.41) is 18.6. The second-order valence-electron chi connectivity index (χ2n) is 7.50. The van der Waals surface area contributed by atoms with Crippen LogP contribution in [0.2, 0.25) is 0 Å². The molecule has 0 fully saturated rings. The van der Waals surface area contributed by atoms with Crippen LogP contribution in [-0.2, 0) is 19.7 Å². The molecule has 0 aliphatic carbocycles. The van der Waals surface area contributed by atoms with E-state index in [4.69, 9.17) is 9.47 Å². The van der Waals surface area contributed by atoms with Gasteiger partial charge in [0.15, 0.2) is 19.7 Å². The fourth-order valence-corrected chi connectivity index (χ4v) is 5.64. The fourth-order valence-electron chi connectivity index (χ4n) is 3.07. The van der Waals surface area contributed by atoms with Crippen molar-refractivity contribution < 1.29 is 36.5 Å². The summed E-state index contributed by atoms with van der Waals surface area (Å²) in [5.74, 6) is 0.839. The molecular formula is C24H26O8S2. The van der Waals surface area contributed by atoms with Crippen molar-refractivity contribution >= 4 is 19.7 Å². The maximum Gasteiger partial charge on any atom is 0.178 e. The van der Waals surface area contributed by atoms with Crippen molar-refractivity contribution in [1.29, 1.82) is 0 Å². The normalized spacial score (nSPS) is 11.8. The Morgan fingerprint density at radius 1 is 0.588 bits per heavy atom. The summed E-state index contributed by atoms with van der Waals surface area (Å²) in [4.78, 5) is 0.293. The number of benzene rings is 3. The third kappa shape index (κ3) is 7.39. The van der Waals surface area contributed by atoms with Crippen molar-refractivity contribution in [2.45, 2.75) is 22.6 Å². The van der Waals surface area contributed by atoms with Gasteiger partial charge in [-0.3, -0.25) is 0 Å². The Hall–Kier alpha value is -3.24. The van der Waals surface area contributed by atoms with Gasteiger partial charge in [-0.05, 0) is 73.5 Å². The molecule has 0 atom stereocenters. The quantitative estimate of drug-likeness (QED) is 0.357. The number of sulfone groups is 2. The van der Waals surface area contributed by atoms with Crippen LogP contribution in [0.15, 0.2) is 82.6 Å². The third-order valence-corrected chi connectivity index (χ3v) is 8.48. The van der Waals surface area contributed by atoms with E-state index in [1.54, 1.807) is 24.3 Å². The Balaban J connectivity index is 1.42. The van der Waals surface area contributed by atoms with Crippen LogP contribution < -0.4 is 9.47 Å². The van der Waals surface area contributed by atoms with Crippen molar-refractivity contribution in [3.8, 4) is 23.0 Å². The van der Waals surface area contributed by atoms with Gasteiger partial charge in [-0.15, -0.1) is 0 Å². The van der Waals surface area contributed by atoms with E-state index in [0.29, 0.717) is 11.5 Å². The number of hydrogen-bond acceptors (Lipinski definition) is 8. The van der Waals surface area contributed by atoms with Crippen LogP contribution in [0, 0.1) is 0 Å². The highest BCUT2D eigenvalue weighted by molar-refractivity contribution is 7.91. The largest absolute Gasteiger partial charge is 0.508 e.